The van der Waals surface area contributed by atoms with Gasteiger partial charge in [0.2, 0.25) is 0 Å². The zero-order chi connectivity index (χ0) is 21.5. The van der Waals surface area contributed by atoms with E-state index in [1.165, 1.54) is 0 Å². The van der Waals surface area contributed by atoms with Gasteiger partial charge in [-0.15, -0.1) is 0 Å². The van der Waals surface area contributed by atoms with Crippen LogP contribution in [0, 0.1) is 5.92 Å². The molecule has 160 valence electrons. The molecule has 8 heteroatoms. The molecule has 4 heterocycles. The molecular formula is C22H31N7O. The van der Waals surface area contributed by atoms with Gasteiger partial charge >= 0.3 is 0 Å². The SMILES string of the molecule is CC(C)c1cc(N2CCC(Cn3nc(C(C)(C)C)ccc3=O)CC2)n2ncnc2n1. The van der Waals surface area contributed by atoms with Gasteiger partial charge in [-0.2, -0.15) is 19.7 Å². The molecule has 1 saturated heterocycles. The van der Waals surface area contributed by atoms with E-state index in [2.05, 4.69) is 65.8 Å². The van der Waals surface area contributed by atoms with E-state index in [1.807, 2.05) is 10.6 Å². The highest BCUT2D eigenvalue weighted by molar-refractivity contribution is 5.48. The first kappa shape index (κ1) is 20.5. The Kier molecular flexibility index (Phi) is 5.34. The molecule has 8 nitrogen and oxygen atoms in total. The Morgan fingerprint density at radius 2 is 1.90 bits per heavy atom. The lowest BCUT2D eigenvalue weighted by Crippen LogP contribution is -2.38. The number of nitrogens with zero attached hydrogens (tertiary/aromatic N) is 7. The van der Waals surface area contributed by atoms with Crippen molar-refractivity contribution in [3.05, 3.63) is 46.3 Å². The Hall–Kier alpha value is -2.77. The van der Waals surface area contributed by atoms with Gasteiger partial charge in [0.25, 0.3) is 11.3 Å². The molecule has 0 atom stereocenters. The summed E-state index contributed by atoms with van der Waals surface area (Å²) >= 11 is 0. The van der Waals surface area contributed by atoms with Crippen molar-refractivity contribution in [3.8, 4) is 0 Å². The molecule has 0 saturated carbocycles. The second-order valence-corrected chi connectivity index (χ2v) is 9.59. The fraction of sp³-hybridized carbons (Fsp3) is 0.591. The van der Waals surface area contributed by atoms with Gasteiger partial charge in [0.05, 0.1) is 11.4 Å². The van der Waals surface area contributed by atoms with Gasteiger partial charge in [-0.1, -0.05) is 34.6 Å². The molecule has 0 bridgehead atoms. The summed E-state index contributed by atoms with van der Waals surface area (Å²) in [6, 6.07) is 5.63. The van der Waals surface area contributed by atoms with Crippen LogP contribution in [0.4, 0.5) is 5.82 Å². The van der Waals surface area contributed by atoms with E-state index < -0.39 is 0 Å². The zero-order valence-electron chi connectivity index (χ0n) is 18.5. The number of rotatable bonds is 4. The Balaban J connectivity index is 1.50. The fourth-order valence-corrected chi connectivity index (χ4v) is 3.90. The lowest BCUT2D eigenvalue weighted by atomic mass is 9.92. The van der Waals surface area contributed by atoms with Crippen LogP contribution in [-0.4, -0.2) is 42.5 Å². The van der Waals surface area contributed by atoms with E-state index in [-0.39, 0.29) is 11.0 Å². The fourth-order valence-electron chi connectivity index (χ4n) is 3.90. The highest BCUT2D eigenvalue weighted by Crippen LogP contribution is 2.26. The minimum Gasteiger partial charge on any atom is -0.356 e. The van der Waals surface area contributed by atoms with Crippen molar-refractivity contribution in [3.63, 3.8) is 0 Å². The van der Waals surface area contributed by atoms with Crippen LogP contribution in [0.25, 0.3) is 5.78 Å². The molecular weight excluding hydrogens is 378 g/mol. The van der Waals surface area contributed by atoms with Gasteiger partial charge in [-0.25, -0.2) is 9.67 Å². The van der Waals surface area contributed by atoms with Gasteiger partial charge < -0.3 is 4.90 Å². The van der Waals surface area contributed by atoms with E-state index >= 15 is 0 Å². The average Bonchev–Trinajstić information content (AvgIpc) is 3.17. The monoisotopic (exact) mass is 409 g/mol. The molecule has 30 heavy (non-hydrogen) atoms. The Labute approximate surface area is 177 Å². The molecule has 0 unspecified atom stereocenters. The molecule has 4 rings (SSSR count). The maximum absolute atomic E-state index is 12.3. The highest BCUT2D eigenvalue weighted by atomic mass is 16.1. The van der Waals surface area contributed by atoms with Gasteiger partial charge in [-0.3, -0.25) is 4.79 Å². The minimum atomic E-state index is -0.0720. The molecule has 1 fully saturated rings. The Bertz CT molecular complexity index is 1080. The number of hydrogen-bond acceptors (Lipinski definition) is 6. The maximum Gasteiger partial charge on any atom is 0.266 e. The first-order chi connectivity index (χ1) is 14.2. The molecule has 0 N–H and O–H groups in total. The summed E-state index contributed by atoms with van der Waals surface area (Å²) in [4.78, 5) is 23.6. The summed E-state index contributed by atoms with van der Waals surface area (Å²) in [5.41, 5.74) is 1.89. The molecule has 3 aromatic heterocycles. The molecule has 0 aliphatic carbocycles. The maximum atomic E-state index is 12.3. The molecule has 0 aromatic carbocycles. The smallest absolute Gasteiger partial charge is 0.266 e. The number of anilines is 1. The third kappa shape index (κ3) is 4.08. The first-order valence-corrected chi connectivity index (χ1v) is 10.8. The topological polar surface area (TPSA) is 81.2 Å². The molecule has 0 amide bonds. The van der Waals surface area contributed by atoms with Crippen LogP contribution in [0.5, 0.6) is 0 Å². The second kappa shape index (κ2) is 7.81. The normalized spacial score (nSPS) is 16.0. The third-order valence-electron chi connectivity index (χ3n) is 5.85. The average molecular weight is 410 g/mol. The lowest BCUT2D eigenvalue weighted by molar-refractivity contribution is 0.329. The highest BCUT2D eigenvalue weighted by Gasteiger charge is 2.24. The van der Waals surface area contributed by atoms with Crippen LogP contribution >= 0.6 is 0 Å². The number of fused-ring (bicyclic) bond motifs is 1. The molecule has 1 aliphatic rings. The molecule has 1 aliphatic heterocycles. The second-order valence-electron chi connectivity index (χ2n) is 9.59. The van der Waals surface area contributed by atoms with Crippen LogP contribution in [0.1, 0.15) is 64.8 Å². The summed E-state index contributed by atoms with van der Waals surface area (Å²) in [6.45, 7) is 13.1. The van der Waals surface area contributed by atoms with Crippen molar-refractivity contribution in [2.75, 3.05) is 18.0 Å². The predicted octanol–water partition coefficient (Wildman–Crippen LogP) is 3.02. The Morgan fingerprint density at radius 1 is 1.17 bits per heavy atom. The van der Waals surface area contributed by atoms with Crippen LogP contribution < -0.4 is 10.5 Å². The predicted molar refractivity (Wildman–Crippen MR) is 117 cm³/mol. The molecule has 3 aromatic rings. The molecule has 0 spiro atoms. The van der Waals surface area contributed by atoms with Crippen molar-refractivity contribution < 1.29 is 0 Å². The van der Waals surface area contributed by atoms with Crippen LogP contribution in [0.15, 0.2) is 29.3 Å². The van der Waals surface area contributed by atoms with E-state index in [0.717, 1.165) is 43.1 Å². The van der Waals surface area contributed by atoms with Crippen molar-refractivity contribution >= 4 is 11.6 Å². The Morgan fingerprint density at radius 3 is 2.57 bits per heavy atom. The van der Waals surface area contributed by atoms with Crippen molar-refractivity contribution in [2.24, 2.45) is 5.92 Å². The number of hydrogen-bond donors (Lipinski definition) is 0. The van der Waals surface area contributed by atoms with Crippen LogP contribution in [-0.2, 0) is 12.0 Å². The summed E-state index contributed by atoms with van der Waals surface area (Å²) < 4.78 is 3.48. The van der Waals surface area contributed by atoms with E-state index in [1.54, 1.807) is 17.1 Å². The quantitative estimate of drug-likeness (QED) is 0.659. The largest absolute Gasteiger partial charge is 0.356 e. The van der Waals surface area contributed by atoms with Crippen molar-refractivity contribution in [2.45, 2.75) is 65.3 Å². The molecule has 0 radical (unpaired) electrons. The van der Waals surface area contributed by atoms with Crippen molar-refractivity contribution in [1.29, 1.82) is 0 Å². The summed E-state index contributed by atoms with van der Waals surface area (Å²) in [7, 11) is 0. The summed E-state index contributed by atoms with van der Waals surface area (Å²) in [5, 5.41) is 9.01. The van der Waals surface area contributed by atoms with Crippen LogP contribution in [0.3, 0.4) is 0 Å². The standard InChI is InChI=1S/C22H31N7O/c1-15(2)17-12-19(29-21(25-17)23-14-24-29)27-10-8-16(9-11-27)13-28-20(30)7-6-18(26-28)22(3,4)5/h6-7,12,14-16H,8-11,13H2,1-5H3. The third-order valence-corrected chi connectivity index (χ3v) is 5.85. The summed E-state index contributed by atoms with van der Waals surface area (Å²) in [5.74, 6) is 2.45. The van der Waals surface area contributed by atoms with Crippen molar-refractivity contribution in [1.82, 2.24) is 29.4 Å². The minimum absolute atomic E-state index is 0.0227. The lowest BCUT2D eigenvalue weighted by Gasteiger charge is -2.33. The zero-order valence-corrected chi connectivity index (χ0v) is 18.5. The van der Waals surface area contributed by atoms with Crippen LogP contribution in [0.2, 0.25) is 0 Å². The number of aromatic nitrogens is 6. The number of piperidine rings is 1. The van der Waals surface area contributed by atoms with E-state index in [4.69, 9.17) is 0 Å². The van der Waals surface area contributed by atoms with Gasteiger partial charge in [-0.05, 0) is 30.7 Å². The van der Waals surface area contributed by atoms with Gasteiger partial charge in [0.1, 0.15) is 12.1 Å². The van der Waals surface area contributed by atoms with Gasteiger partial charge in [0, 0.05) is 37.2 Å². The first-order valence-electron chi connectivity index (χ1n) is 10.8. The van der Waals surface area contributed by atoms with E-state index in [9.17, 15) is 4.79 Å². The van der Waals surface area contributed by atoms with Gasteiger partial charge in [0.15, 0.2) is 0 Å². The summed E-state index contributed by atoms with van der Waals surface area (Å²) in [6.07, 6.45) is 3.57. The van der Waals surface area contributed by atoms with E-state index in [0.29, 0.717) is 24.2 Å².